The standard InChI is InChI=1S/C15H12N3O4/c1-17(20)9-7-11(18(2)21)14-13(8-9)22-12-6-4-3-5-10(12)16-15(14)19/h3-8H,2H2,1H3,(H-,16,19,21)/q+1/p+1. The van der Waals surface area contributed by atoms with Gasteiger partial charge in [-0.3, -0.25) is 10.0 Å². The van der Waals surface area contributed by atoms with Crippen molar-refractivity contribution < 1.29 is 24.2 Å². The predicted octanol–water partition coefficient (Wildman–Crippen LogP) is 2.82. The van der Waals surface area contributed by atoms with Crippen molar-refractivity contribution in [2.75, 3.05) is 12.4 Å². The van der Waals surface area contributed by atoms with E-state index < -0.39 is 5.91 Å². The molecule has 0 atom stereocenters. The number of hydrogen-bond donors (Lipinski definition) is 2. The lowest BCUT2D eigenvalue weighted by Gasteiger charge is -2.06. The summed E-state index contributed by atoms with van der Waals surface area (Å²) in [6.07, 6.45) is 0. The monoisotopic (exact) mass is 299 g/mol. The Bertz CT molecular complexity index is 830. The van der Waals surface area contributed by atoms with Crippen LogP contribution in [0.25, 0.3) is 0 Å². The zero-order valence-electron chi connectivity index (χ0n) is 11.7. The molecular formula is C15H13N3O4+2. The van der Waals surface area contributed by atoms with E-state index in [0.29, 0.717) is 20.9 Å². The van der Waals surface area contributed by atoms with Crippen LogP contribution in [0.1, 0.15) is 10.4 Å². The normalized spacial score (nSPS) is 12.3. The maximum absolute atomic E-state index is 12.4. The van der Waals surface area contributed by atoms with Crippen molar-refractivity contribution in [2.45, 2.75) is 0 Å². The molecule has 0 saturated carbocycles. The number of para-hydroxylation sites is 2. The van der Waals surface area contributed by atoms with Crippen molar-refractivity contribution in [2.24, 2.45) is 0 Å². The first-order chi connectivity index (χ1) is 10.5. The van der Waals surface area contributed by atoms with Crippen molar-refractivity contribution >= 4 is 29.7 Å². The highest BCUT2D eigenvalue weighted by Crippen LogP contribution is 2.41. The molecule has 0 aromatic heterocycles. The summed E-state index contributed by atoms with van der Waals surface area (Å²) in [7, 11) is 1.31. The Morgan fingerprint density at radius 1 is 1.23 bits per heavy atom. The molecule has 2 N–H and O–H groups in total. The fraction of sp³-hybridized carbons (Fsp3) is 0.0667. The number of anilines is 1. The van der Waals surface area contributed by atoms with E-state index in [9.17, 15) is 14.9 Å². The Balaban J connectivity index is 2.28. The smallest absolute Gasteiger partial charge is 0.279 e. The van der Waals surface area contributed by atoms with Gasteiger partial charge in [-0.05, 0) is 12.1 Å². The maximum atomic E-state index is 12.4. The third-order valence-corrected chi connectivity index (χ3v) is 3.29. The highest BCUT2D eigenvalue weighted by atomic mass is 16.5. The van der Waals surface area contributed by atoms with Gasteiger partial charge in [-0.1, -0.05) is 12.1 Å². The van der Waals surface area contributed by atoms with E-state index in [4.69, 9.17) is 4.74 Å². The van der Waals surface area contributed by atoms with E-state index in [1.807, 2.05) is 0 Å². The van der Waals surface area contributed by atoms with Crippen molar-refractivity contribution in [3.05, 3.63) is 46.9 Å². The molecule has 2 aromatic carbocycles. The molecule has 22 heavy (non-hydrogen) atoms. The van der Waals surface area contributed by atoms with Gasteiger partial charge in [0.1, 0.15) is 0 Å². The van der Waals surface area contributed by atoms with Crippen LogP contribution < -0.4 is 10.1 Å². The topological polar surface area (TPSA) is 81.7 Å². The summed E-state index contributed by atoms with van der Waals surface area (Å²) in [5.74, 6) is 0.151. The molecule has 0 radical (unpaired) electrons. The zero-order chi connectivity index (χ0) is 15.9. The lowest BCUT2D eigenvalue weighted by Crippen LogP contribution is -2.14. The molecule has 110 valence electrons. The number of nitrogens with one attached hydrogen (secondary N) is 1. The first-order valence-corrected chi connectivity index (χ1v) is 6.44. The number of rotatable bonds is 2. The molecule has 1 aliphatic heterocycles. The molecule has 0 saturated heterocycles. The molecule has 0 unspecified atom stereocenters. The van der Waals surface area contributed by atoms with Gasteiger partial charge in [-0.25, -0.2) is 0 Å². The molecule has 1 heterocycles. The van der Waals surface area contributed by atoms with Gasteiger partial charge in [-0.2, -0.15) is 0 Å². The zero-order valence-corrected chi connectivity index (χ0v) is 11.7. The molecule has 7 heteroatoms. The summed E-state index contributed by atoms with van der Waals surface area (Å²) in [6, 6.07) is 9.71. The number of benzene rings is 2. The van der Waals surface area contributed by atoms with Crippen molar-refractivity contribution in [3.63, 3.8) is 0 Å². The van der Waals surface area contributed by atoms with Gasteiger partial charge in [-0.15, -0.1) is 0 Å². The molecule has 0 bridgehead atoms. The van der Waals surface area contributed by atoms with Gasteiger partial charge < -0.3 is 10.1 Å². The molecule has 3 rings (SSSR count). The molecule has 0 fully saturated rings. The van der Waals surface area contributed by atoms with Crippen molar-refractivity contribution in [3.8, 4) is 11.5 Å². The van der Waals surface area contributed by atoms with E-state index in [2.05, 4.69) is 12.0 Å². The Kier molecular flexibility index (Phi) is 3.10. The third-order valence-electron chi connectivity index (χ3n) is 3.29. The largest absolute Gasteiger partial charge is 0.454 e. The van der Waals surface area contributed by atoms with Crippen molar-refractivity contribution in [1.82, 2.24) is 0 Å². The molecule has 1 aliphatic rings. The minimum atomic E-state index is -0.460. The number of nitrogens with zero attached hydrogens (tertiary/aromatic N) is 2. The lowest BCUT2D eigenvalue weighted by atomic mass is 10.1. The van der Waals surface area contributed by atoms with Gasteiger partial charge >= 0.3 is 0 Å². The Labute approximate surface area is 125 Å². The fourth-order valence-electron chi connectivity index (χ4n) is 2.24. The number of ether oxygens (including phenoxy) is 1. The molecule has 0 aliphatic carbocycles. The van der Waals surface area contributed by atoms with E-state index in [0.717, 1.165) is 0 Å². The maximum Gasteiger partial charge on any atom is 0.279 e. The van der Waals surface area contributed by atoms with Crippen LogP contribution in [0, 0.1) is 4.91 Å². The average molecular weight is 299 g/mol. The first kappa shape index (κ1) is 13.7. The van der Waals surface area contributed by atoms with Gasteiger partial charge in [0.15, 0.2) is 30.8 Å². The minimum Gasteiger partial charge on any atom is -0.454 e. The first-order valence-electron chi connectivity index (χ1n) is 6.44. The van der Waals surface area contributed by atoms with Crippen LogP contribution in [0.4, 0.5) is 17.1 Å². The van der Waals surface area contributed by atoms with Crippen LogP contribution in [0.15, 0.2) is 36.4 Å². The number of hydrogen-bond acceptors (Lipinski definition) is 4. The Morgan fingerprint density at radius 2 is 1.95 bits per heavy atom. The summed E-state index contributed by atoms with van der Waals surface area (Å²) >= 11 is 0. The quantitative estimate of drug-likeness (QED) is 0.387. The van der Waals surface area contributed by atoms with E-state index in [-0.39, 0.29) is 22.7 Å². The molecule has 1 amide bonds. The van der Waals surface area contributed by atoms with Crippen LogP contribution >= 0.6 is 0 Å². The summed E-state index contributed by atoms with van der Waals surface area (Å²) in [5, 5.41) is 12.4. The lowest BCUT2D eigenvalue weighted by molar-refractivity contribution is -0.706. The minimum absolute atomic E-state index is 0.0699. The second kappa shape index (κ2) is 4.96. The van der Waals surface area contributed by atoms with Crippen LogP contribution in [0.3, 0.4) is 0 Å². The summed E-state index contributed by atoms with van der Waals surface area (Å²) in [4.78, 5) is 24.0. The second-order valence-corrected chi connectivity index (χ2v) is 4.79. The Hall–Kier alpha value is -3.22. The number of carbonyl (C=O) groups excluding carboxylic acids is 1. The van der Waals surface area contributed by atoms with Crippen LogP contribution in [0.5, 0.6) is 11.5 Å². The molecule has 0 spiro atoms. The number of nitroso groups, excluding NO2 is 1. The van der Waals surface area contributed by atoms with Gasteiger partial charge in [0.05, 0.1) is 17.8 Å². The van der Waals surface area contributed by atoms with E-state index >= 15 is 0 Å². The van der Waals surface area contributed by atoms with Crippen LogP contribution in [-0.4, -0.2) is 34.4 Å². The second-order valence-electron chi connectivity index (χ2n) is 4.79. The Morgan fingerprint density at radius 3 is 2.64 bits per heavy atom. The number of carbonyl (C=O) groups is 1. The predicted molar refractivity (Wildman–Crippen MR) is 79.0 cm³/mol. The molecular weight excluding hydrogens is 286 g/mol. The number of amides is 1. The third kappa shape index (κ3) is 2.18. The SMILES string of the molecule is C=[N+](O)c1cc([N+](C)=O)cc2c1C(=O)Nc1ccccc1O2. The summed E-state index contributed by atoms with van der Waals surface area (Å²) in [6.45, 7) is 3.36. The fourth-order valence-corrected chi connectivity index (χ4v) is 2.24. The van der Waals surface area contributed by atoms with E-state index in [1.54, 1.807) is 24.3 Å². The average Bonchev–Trinajstić information content (AvgIpc) is 2.61. The highest BCUT2D eigenvalue weighted by molar-refractivity contribution is 6.11. The van der Waals surface area contributed by atoms with Gasteiger partial charge in [0.2, 0.25) is 0 Å². The molecule has 2 aromatic rings. The summed E-state index contributed by atoms with van der Waals surface area (Å²) < 4.78 is 6.88. The van der Waals surface area contributed by atoms with Crippen molar-refractivity contribution in [1.29, 1.82) is 0 Å². The van der Waals surface area contributed by atoms with Crippen LogP contribution in [0.2, 0.25) is 0 Å². The van der Waals surface area contributed by atoms with Crippen LogP contribution in [-0.2, 0) is 0 Å². The molecule has 7 nitrogen and oxygen atoms in total. The van der Waals surface area contributed by atoms with Gasteiger partial charge in [0, 0.05) is 14.4 Å². The summed E-state index contributed by atoms with van der Waals surface area (Å²) in [5.41, 5.74) is 0.892. The number of fused-ring (bicyclic) bond motifs is 2. The highest BCUT2D eigenvalue weighted by Gasteiger charge is 2.32. The van der Waals surface area contributed by atoms with E-state index in [1.165, 1.54) is 19.2 Å². The van der Waals surface area contributed by atoms with Gasteiger partial charge in [0.25, 0.3) is 17.3 Å².